The van der Waals surface area contributed by atoms with E-state index in [1.165, 1.54) is 5.56 Å². The van der Waals surface area contributed by atoms with Gasteiger partial charge in [0.15, 0.2) is 0 Å². The highest BCUT2D eigenvalue weighted by Crippen LogP contribution is 2.30. The highest BCUT2D eigenvalue weighted by molar-refractivity contribution is 9.10. The fourth-order valence-electron chi connectivity index (χ4n) is 2.09. The predicted molar refractivity (Wildman–Crippen MR) is 84.4 cm³/mol. The van der Waals surface area contributed by atoms with E-state index in [1.54, 1.807) is 0 Å². The Morgan fingerprint density at radius 1 is 1.16 bits per heavy atom. The molecule has 2 aromatic carbocycles. The van der Waals surface area contributed by atoms with Crippen LogP contribution in [0.3, 0.4) is 0 Å². The summed E-state index contributed by atoms with van der Waals surface area (Å²) in [5.41, 5.74) is 9.60. The summed E-state index contributed by atoms with van der Waals surface area (Å²) >= 11 is 3.41. The van der Waals surface area contributed by atoms with E-state index in [1.807, 2.05) is 37.4 Å². The number of benzene rings is 2. The van der Waals surface area contributed by atoms with E-state index in [-0.39, 0.29) is 5.84 Å². The lowest BCUT2D eigenvalue weighted by Crippen LogP contribution is -2.19. The SMILES string of the molecule is Cc1ccccc1N(C)c1ccc(Br)cc1C(=N)N. The zero-order valence-electron chi connectivity index (χ0n) is 10.9. The Morgan fingerprint density at radius 2 is 1.84 bits per heavy atom. The van der Waals surface area contributed by atoms with Crippen molar-refractivity contribution in [1.29, 1.82) is 5.41 Å². The van der Waals surface area contributed by atoms with E-state index in [0.29, 0.717) is 0 Å². The topological polar surface area (TPSA) is 53.1 Å². The number of hydrogen-bond acceptors (Lipinski definition) is 2. The predicted octanol–water partition coefficient (Wildman–Crippen LogP) is 3.81. The van der Waals surface area contributed by atoms with E-state index in [2.05, 4.69) is 39.9 Å². The molecule has 0 aromatic heterocycles. The van der Waals surface area contributed by atoms with Gasteiger partial charge in [-0.15, -0.1) is 0 Å². The van der Waals surface area contributed by atoms with Crippen molar-refractivity contribution in [2.75, 3.05) is 11.9 Å². The second kappa shape index (κ2) is 5.45. The smallest absolute Gasteiger partial charge is 0.124 e. The fraction of sp³-hybridized carbons (Fsp3) is 0.133. The summed E-state index contributed by atoms with van der Waals surface area (Å²) in [5, 5.41) is 7.71. The maximum Gasteiger partial charge on any atom is 0.124 e. The van der Waals surface area contributed by atoms with Gasteiger partial charge < -0.3 is 10.6 Å². The lowest BCUT2D eigenvalue weighted by atomic mass is 10.1. The molecule has 98 valence electrons. The minimum Gasteiger partial charge on any atom is -0.384 e. The first-order chi connectivity index (χ1) is 9.00. The second-order valence-corrected chi connectivity index (χ2v) is 5.34. The van der Waals surface area contributed by atoms with Gasteiger partial charge in [0, 0.05) is 22.8 Å². The van der Waals surface area contributed by atoms with Gasteiger partial charge in [-0.25, -0.2) is 0 Å². The minimum absolute atomic E-state index is 0.0664. The molecule has 2 rings (SSSR count). The standard InChI is InChI=1S/C15H16BrN3/c1-10-5-3-4-6-13(10)19(2)14-8-7-11(16)9-12(14)15(17)18/h3-9H,1-2H3,(H3,17,18). The van der Waals surface area contributed by atoms with Crippen LogP contribution in [0.25, 0.3) is 0 Å². The second-order valence-electron chi connectivity index (χ2n) is 4.42. The molecule has 2 aromatic rings. The molecular formula is C15H16BrN3. The molecule has 3 N–H and O–H groups in total. The quantitative estimate of drug-likeness (QED) is 0.668. The van der Waals surface area contributed by atoms with Crippen LogP contribution in [0.1, 0.15) is 11.1 Å². The van der Waals surface area contributed by atoms with Gasteiger partial charge in [-0.3, -0.25) is 5.41 Å². The molecule has 0 bridgehead atoms. The molecule has 0 atom stereocenters. The number of aryl methyl sites for hydroxylation is 1. The molecule has 0 aliphatic heterocycles. The maximum atomic E-state index is 7.71. The van der Waals surface area contributed by atoms with Gasteiger partial charge in [0.1, 0.15) is 5.84 Å². The van der Waals surface area contributed by atoms with Gasteiger partial charge in [0.2, 0.25) is 0 Å². The summed E-state index contributed by atoms with van der Waals surface area (Å²) in [5.74, 6) is 0.0664. The summed E-state index contributed by atoms with van der Waals surface area (Å²) in [6.07, 6.45) is 0. The molecule has 3 nitrogen and oxygen atoms in total. The molecule has 0 aliphatic carbocycles. The van der Waals surface area contributed by atoms with Crippen LogP contribution in [0.4, 0.5) is 11.4 Å². The Labute approximate surface area is 121 Å². The zero-order chi connectivity index (χ0) is 14.0. The Hall–Kier alpha value is -1.81. The average Bonchev–Trinajstić information content (AvgIpc) is 2.38. The summed E-state index contributed by atoms with van der Waals surface area (Å²) in [7, 11) is 1.98. The molecule has 19 heavy (non-hydrogen) atoms. The number of amidine groups is 1. The highest BCUT2D eigenvalue weighted by atomic mass is 79.9. The van der Waals surface area contributed by atoms with Crippen molar-refractivity contribution in [3.05, 3.63) is 58.1 Å². The van der Waals surface area contributed by atoms with E-state index in [0.717, 1.165) is 21.4 Å². The Kier molecular flexibility index (Phi) is 3.90. The van der Waals surface area contributed by atoms with Crippen molar-refractivity contribution >= 4 is 33.1 Å². The van der Waals surface area contributed by atoms with E-state index >= 15 is 0 Å². The van der Waals surface area contributed by atoms with Gasteiger partial charge in [-0.05, 0) is 36.8 Å². The lowest BCUT2D eigenvalue weighted by molar-refractivity contribution is 1.18. The van der Waals surface area contributed by atoms with Crippen molar-refractivity contribution in [2.24, 2.45) is 5.73 Å². The molecule has 0 amide bonds. The van der Waals surface area contributed by atoms with Gasteiger partial charge in [-0.1, -0.05) is 34.1 Å². The van der Waals surface area contributed by atoms with Crippen LogP contribution in [0.2, 0.25) is 0 Å². The summed E-state index contributed by atoms with van der Waals surface area (Å²) in [4.78, 5) is 2.05. The normalized spacial score (nSPS) is 10.3. The third-order valence-corrected chi connectivity index (χ3v) is 3.58. The highest BCUT2D eigenvalue weighted by Gasteiger charge is 2.13. The number of nitrogens with zero attached hydrogens (tertiary/aromatic N) is 1. The van der Waals surface area contributed by atoms with Crippen LogP contribution in [0.15, 0.2) is 46.9 Å². The molecule has 0 aliphatic rings. The third-order valence-electron chi connectivity index (χ3n) is 3.09. The van der Waals surface area contributed by atoms with Crippen molar-refractivity contribution in [1.82, 2.24) is 0 Å². The maximum absolute atomic E-state index is 7.71. The third kappa shape index (κ3) is 2.79. The van der Waals surface area contributed by atoms with Crippen molar-refractivity contribution < 1.29 is 0 Å². The number of rotatable bonds is 3. The van der Waals surface area contributed by atoms with Crippen molar-refractivity contribution in [2.45, 2.75) is 6.92 Å². The van der Waals surface area contributed by atoms with Gasteiger partial charge in [-0.2, -0.15) is 0 Å². The number of hydrogen-bond donors (Lipinski definition) is 2. The summed E-state index contributed by atoms with van der Waals surface area (Å²) in [6.45, 7) is 2.07. The molecule has 0 heterocycles. The van der Waals surface area contributed by atoms with Gasteiger partial charge in [0.25, 0.3) is 0 Å². The Bertz CT molecular complexity index is 623. The van der Waals surface area contributed by atoms with Crippen LogP contribution in [-0.2, 0) is 0 Å². The molecule has 0 fully saturated rings. The van der Waals surface area contributed by atoms with Crippen molar-refractivity contribution in [3.8, 4) is 0 Å². The number of nitrogen functional groups attached to an aromatic ring is 1. The molecule has 0 saturated carbocycles. The fourth-order valence-corrected chi connectivity index (χ4v) is 2.45. The van der Waals surface area contributed by atoms with E-state index in [4.69, 9.17) is 11.1 Å². The number of anilines is 2. The van der Waals surface area contributed by atoms with Crippen molar-refractivity contribution in [3.63, 3.8) is 0 Å². The molecule has 4 heteroatoms. The summed E-state index contributed by atoms with van der Waals surface area (Å²) in [6, 6.07) is 13.9. The molecule has 0 unspecified atom stereocenters. The van der Waals surface area contributed by atoms with E-state index in [9.17, 15) is 0 Å². The van der Waals surface area contributed by atoms with Gasteiger partial charge in [0.05, 0.1) is 5.69 Å². The Morgan fingerprint density at radius 3 is 2.47 bits per heavy atom. The monoisotopic (exact) mass is 317 g/mol. The van der Waals surface area contributed by atoms with Gasteiger partial charge >= 0.3 is 0 Å². The zero-order valence-corrected chi connectivity index (χ0v) is 12.5. The van der Waals surface area contributed by atoms with Crippen LogP contribution in [0, 0.1) is 12.3 Å². The Balaban J connectivity index is 2.53. The lowest BCUT2D eigenvalue weighted by Gasteiger charge is -2.24. The number of halogens is 1. The number of nitrogens with two attached hydrogens (primary N) is 1. The number of para-hydroxylation sites is 1. The molecule has 0 saturated heterocycles. The first kappa shape index (κ1) is 13.6. The average molecular weight is 318 g/mol. The summed E-state index contributed by atoms with van der Waals surface area (Å²) < 4.78 is 0.916. The first-order valence-electron chi connectivity index (χ1n) is 5.94. The molecular weight excluding hydrogens is 302 g/mol. The largest absolute Gasteiger partial charge is 0.384 e. The molecule has 0 radical (unpaired) electrons. The van der Waals surface area contributed by atoms with Crippen LogP contribution < -0.4 is 10.6 Å². The number of nitrogens with one attached hydrogen (secondary N) is 1. The minimum atomic E-state index is 0.0664. The van der Waals surface area contributed by atoms with Crippen LogP contribution in [0.5, 0.6) is 0 Å². The first-order valence-corrected chi connectivity index (χ1v) is 6.73. The van der Waals surface area contributed by atoms with E-state index < -0.39 is 0 Å². The molecule has 0 spiro atoms. The van der Waals surface area contributed by atoms with Crippen LogP contribution in [-0.4, -0.2) is 12.9 Å². The van der Waals surface area contributed by atoms with Crippen LogP contribution >= 0.6 is 15.9 Å².